The quantitative estimate of drug-likeness (QED) is 0.706. The molecule has 1 unspecified atom stereocenters. The summed E-state index contributed by atoms with van der Waals surface area (Å²) in [5.74, 6) is -0.211. The molecule has 0 aliphatic carbocycles. The van der Waals surface area contributed by atoms with Gasteiger partial charge in [-0.1, -0.05) is 25.1 Å². The molecule has 0 fully saturated rings. The van der Waals surface area contributed by atoms with E-state index >= 15 is 0 Å². The van der Waals surface area contributed by atoms with Gasteiger partial charge in [0.2, 0.25) is 15.9 Å². The molecule has 3 N–H and O–H groups in total. The lowest BCUT2D eigenvalue weighted by molar-refractivity contribution is -0.116. The van der Waals surface area contributed by atoms with Gasteiger partial charge in [-0.05, 0) is 49.4 Å². The van der Waals surface area contributed by atoms with Crippen molar-refractivity contribution in [3.63, 3.8) is 0 Å². The highest BCUT2D eigenvalue weighted by atomic mass is 32.2. The van der Waals surface area contributed by atoms with Crippen LogP contribution in [0, 0.1) is 11.3 Å². The molecule has 2 aromatic rings. The topological polar surface area (TPSA) is 116 Å². The van der Waals surface area contributed by atoms with Crippen molar-refractivity contribution in [1.29, 1.82) is 5.26 Å². The number of hydrogen-bond acceptors (Lipinski definition) is 5. The van der Waals surface area contributed by atoms with Crippen molar-refractivity contribution in [3.8, 4) is 6.07 Å². The van der Waals surface area contributed by atoms with Crippen LogP contribution in [0.5, 0.6) is 0 Å². The Morgan fingerprint density at radius 2 is 1.93 bits per heavy atom. The molecule has 1 amide bonds. The smallest absolute Gasteiger partial charge is 0.238 e. The van der Waals surface area contributed by atoms with Gasteiger partial charge in [-0.25, -0.2) is 13.6 Å². The zero-order valence-corrected chi connectivity index (χ0v) is 16.7. The number of amides is 1. The summed E-state index contributed by atoms with van der Waals surface area (Å²) >= 11 is 0. The van der Waals surface area contributed by atoms with Gasteiger partial charge in [-0.15, -0.1) is 0 Å². The number of benzene rings is 2. The second kappa shape index (κ2) is 9.46. The molecule has 0 heterocycles. The molecule has 0 bridgehead atoms. The predicted molar refractivity (Wildman–Crippen MR) is 108 cm³/mol. The van der Waals surface area contributed by atoms with E-state index in [9.17, 15) is 13.2 Å². The average molecular weight is 401 g/mol. The molecule has 0 saturated heterocycles. The molecule has 8 heteroatoms. The monoisotopic (exact) mass is 400 g/mol. The number of nitrogens with one attached hydrogen (secondary N) is 1. The molecule has 2 aromatic carbocycles. The summed E-state index contributed by atoms with van der Waals surface area (Å²) in [6.07, 6.45) is 0.258. The van der Waals surface area contributed by atoms with Gasteiger partial charge in [0.25, 0.3) is 0 Å². The Bertz CT molecular complexity index is 966. The third-order valence-electron chi connectivity index (χ3n) is 4.55. The van der Waals surface area contributed by atoms with E-state index in [1.54, 1.807) is 18.2 Å². The van der Waals surface area contributed by atoms with E-state index in [0.717, 1.165) is 12.1 Å². The molecular weight excluding hydrogens is 376 g/mol. The van der Waals surface area contributed by atoms with Crippen LogP contribution in [0.15, 0.2) is 53.4 Å². The average Bonchev–Trinajstić information content (AvgIpc) is 2.68. The summed E-state index contributed by atoms with van der Waals surface area (Å²) in [4.78, 5) is 14.4. The Labute approximate surface area is 165 Å². The second-order valence-electron chi connectivity index (χ2n) is 6.41. The molecule has 0 spiro atoms. The van der Waals surface area contributed by atoms with Crippen molar-refractivity contribution in [3.05, 3.63) is 59.7 Å². The van der Waals surface area contributed by atoms with Crippen molar-refractivity contribution in [2.24, 2.45) is 5.14 Å². The lowest BCUT2D eigenvalue weighted by Crippen LogP contribution is -2.30. The minimum atomic E-state index is -3.82. The fourth-order valence-corrected chi connectivity index (χ4v) is 3.45. The number of rotatable bonds is 8. The Hall–Kier alpha value is -2.73. The van der Waals surface area contributed by atoms with E-state index in [-0.39, 0.29) is 23.3 Å². The second-order valence-corrected chi connectivity index (χ2v) is 7.97. The Morgan fingerprint density at radius 1 is 1.25 bits per heavy atom. The van der Waals surface area contributed by atoms with E-state index in [0.29, 0.717) is 17.8 Å². The number of nitrogens with zero attached hydrogens (tertiary/aromatic N) is 2. The first kappa shape index (κ1) is 21.6. The molecule has 0 aliphatic rings. The van der Waals surface area contributed by atoms with Gasteiger partial charge < -0.3 is 5.32 Å². The Morgan fingerprint density at radius 3 is 2.50 bits per heavy atom. The SMILES string of the molecule is CCN(CCC(=O)Nc1cccc(S(N)(=O)=O)c1)C(C)c1ccc(C#N)cc1. The normalized spacial score (nSPS) is 12.4. The number of primary sulfonamides is 1. The maximum Gasteiger partial charge on any atom is 0.238 e. The first-order chi connectivity index (χ1) is 13.2. The number of nitrogens with two attached hydrogens (primary N) is 1. The van der Waals surface area contributed by atoms with Crippen LogP contribution in [-0.2, 0) is 14.8 Å². The Kier molecular flexibility index (Phi) is 7.29. The van der Waals surface area contributed by atoms with Crippen LogP contribution in [0.3, 0.4) is 0 Å². The first-order valence-corrected chi connectivity index (χ1v) is 10.5. The molecule has 1 atom stereocenters. The minimum absolute atomic E-state index is 0.0464. The standard InChI is InChI=1S/C20H24N4O3S/c1-3-24(15(2)17-9-7-16(14-21)8-10-17)12-11-20(25)23-18-5-4-6-19(13-18)28(22,26)27/h4-10,13,15H,3,11-12H2,1-2H3,(H,23,25)(H2,22,26,27). The summed E-state index contributed by atoms with van der Waals surface area (Å²) in [6.45, 7) is 5.37. The molecule has 0 radical (unpaired) electrons. The molecule has 0 aliphatic heterocycles. The number of carbonyl (C=O) groups excluding carboxylic acids is 1. The third-order valence-corrected chi connectivity index (χ3v) is 5.46. The fourth-order valence-electron chi connectivity index (χ4n) is 2.89. The molecule has 7 nitrogen and oxygen atoms in total. The molecule has 2 rings (SSSR count). The lowest BCUT2D eigenvalue weighted by Gasteiger charge is -2.28. The molecule has 0 aromatic heterocycles. The van der Waals surface area contributed by atoms with E-state index in [4.69, 9.17) is 10.4 Å². The maximum atomic E-state index is 12.3. The van der Waals surface area contributed by atoms with Gasteiger partial charge in [0.05, 0.1) is 16.5 Å². The number of hydrogen-bond donors (Lipinski definition) is 2. The first-order valence-electron chi connectivity index (χ1n) is 8.91. The number of carbonyl (C=O) groups is 1. The molecule has 28 heavy (non-hydrogen) atoms. The van der Waals surface area contributed by atoms with Gasteiger partial charge in [0, 0.05) is 24.7 Å². The highest BCUT2D eigenvalue weighted by molar-refractivity contribution is 7.89. The fraction of sp³-hybridized carbons (Fsp3) is 0.300. The summed E-state index contributed by atoms with van der Waals surface area (Å²) in [5, 5.41) is 16.7. The summed E-state index contributed by atoms with van der Waals surface area (Å²) in [7, 11) is -3.82. The van der Waals surface area contributed by atoms with Crippen molar-refractivity contribution in [2.75, 3.05) is 18.4 Å². The number of anilines is 1. The highest BCUT2D eigenvalue weighted by Gasteiger charge is 2.16. The van der Waals surface area contributed by atoms with Gasteiger partial charge in [-0.3, -0.25) is 9.69 Å². The van der Waals surface area contributed by atoms with Crippen LogP contribution in [0.4, 0.5) is 5.69 Å². The van der Waals surface area contributed by atoms with Crippen molar-refractivity contribution in [2.45, 2.75) is 31.2 Å². The predicted octanol–water partition coefficient (Wildman–Crippen LogP) is 2.62. The molecule has 148 valence electrons. The molecule has 0 saturated carbocycles. The zero-order chi connectivity index (χ0) is 20.7. The lowest BCUT2D eigenvalue weighted by atomic mass is 10.0. The van der Waals surface area contributed by atoms with Crippen LogP contribution >= 0.6 is 0 Å². The van der Waals surface area contributed by atoms with Crippen LogP contribution in [-0.4, -0.2) is 32.3 Å². The third kappa shape index (κ3) is 5.89. The van der Waals surface area contributed by atoms with E-state index in [1.807, 2.05) is 19.1 Å². The largest absolute Gasteiger partial charge is 0.326 e. The van der Waals surface area contributed by atoms with Crippen molar-refractivity contribution >= 4 is 21.6 Å². The summed E-state index contributed by atoms with van der Waals surface area (Å²) < 4.78 is 22.8. The number of sulfonamides is 1. The number of nitriles is 1. The highest BCUT2D eigenvalue weighted by Crippen LogP contribution is 2.21. The molecular formula is C20H24N4O3S. The maximum absolute atomic E-state index is 12.3. The van der Waals surface area contributed by atoms with Crippen LogP contribution in [0.25, 0.3) is 0 Å². The van der Waals surface area contributed by atoms with Crippen LogP contribution in [0.2, 0.25) is 0 Å². The van der Waals surface area contributed by atoms with Crippen LogP contribution < -0.4 is 10.5 Å². The van der Waals surface area contributed by atoms with E-state index in [2.05, 4.69) is 23.2 Å². The zero-order valence-electron chi connectivity index (χ0n) is 15.9. The van der Waals surface area contributed by atoms with Crippen LogP contribution in [0.1, 0.15) is 37.4 Å². The van der Waals surface area contributed by atoms with Crippen molar-refractivity contribution < 1.29 is 13.2 Å². The van der Waals surface area contributed by atoms with Crippen molar-refractivity contribution in [1.82, 2.24) is 4.90 Å². The van der Waals surface area contributed by atoms with Gasteiger partial charge >= 0.3 is 0 Å². The van der Waals surface area contributed by atoms with E-state index < -0.39 is 10.0 Å². The summed E-state index contributed by atoms with van der Waals surface area (Å²) in [6, 6.07) is 15.5. The van der Waals surface area contributed by atoms with Gasteiger partial charge in [-0.2, -0.15) is 5.26 Å². The Balaban J connectivity index is 1.97. The van der Waals surface area contributed by atoms with E-state index in [1.165, 1.54) is 18.2 Å². The minimum Gasteiger partial charge on any atom is -0.326 e. The van der Waals surface area contributed by atoms with Gasteiger partial charge in [0.15, 0.2) is 0 Å². The summed E-state index contributed by atoms with van der Waals surface area (Å²) in [5.41, 5.74) is 2.07. The van der Waals surface area contributed by atoms with Gasteiger partial charge in [0.1, 0.15) is 0 Å².